The van der Waals surface area contributed by atoms with Crippen molar-refractivity contribution in [2.75, 3.05) is 13.2 Å². The molecule has 0 saturated heterocycles. The van der Waals surface area contributed by atoms with Gasteiger partial charge in [-0.2, -0.15) is 0 Å². The number of aliphatic hydroxyl groups is 1. The molecule has 0 spiro atoms. The van der Waals surface area contributed by atoms with Gasteiger partial charge in [-0.05, 0) is 44.4 Å². The van der Waals surface area contributed by atoms with Crippen LogP contribution in [0.25, 0.3) is 11.0 Å². The lowest BCUT2D eigenvalue weighted by atomic mass is 10.0. The molecule has 0 aliphatic heterocycles. The predicted octanol–water partition coefficient (Wildman–Crippen LogP) is 1.55. The van der Waals surface area contributed by atoms with Crippen LogP contribution in [0.4, 0.5) is 0 Å². The molecule has 0 radical (unpaired) electrons. The highest BCUT2D eigenvalue weighted by molar-refractivity contribution is 5.85. The number of amides is 1. The van der Waals surface area contributed by atoms with Gasteiger partial charge in [-0.1, -0.05) is 0 Å². The van der Waals surface area contributed by atoms with Gasteiger partial charge in [0.15, 0.2) is 0 Å². The number of hydrogen-bond donors (Lipinski definition) is 3. The van der Waals surface area contributed by atoms with Crippen molar-refractivity contribution in [1.82, 2.24) is 5.32 Å². The Kier molecular flexibility index (Phi) is 5.39. The second kappa shape index (κ2) is 7.28. The van der Waals surface area contributed by atoms with E-state index >= 15 is 0 Å². The number of nitrogens with one attached hydrogen (secondary N) is 1. The Bertz CT molecular complexity index is 779. The van der Waals surface area contributed by atoms with Gasteiger partial charge in [0.2, 0.25) is 5.91 Å². The molecule has 0 aliphatic carbocycles. The molecule has 1 heterocycles. The summed E-state index contributed by atoms with van der Waals surface area (Å²) in [5.74, 6) is -0.0877. The first kappa shape index (κ1) is 17.0. The summed E-state index contributed by atoms with van der Waals surface area (Å²) in [7, 11) is 0. The van der Waals surface area contributed by atoms with E-state index in [9.17, 15) is 14.7 Å². The largest absolute Gasteiger partial charge is 0.508 e. The van der Waals surface area contributed by atoms with E-state index in [1.165, 1.54) is 0 Å². The number of hydrogen-bond acceptors (Lipinski definition) is 5. The molecule has 0 fully saturated rings. The van der Waals surface area contributed by atoms with Crippen molar-refractivity contribution < 1.29 is 19.4 Å². The summed E-state index contributed by atoms with van der Waals surface area (Å²) in [5.41, 5.74) is 1.66. The quantitative estimate of drug-likeness (QED) is 0.554. The van der Waals surface area contributed by atoms with Gasteiger partial charge in [0.25, 0.3) is 0 Å². The number of aliphatic hydroxyl groups excluding tert-OH is 1. The van der Waals surface area contributed by atoms with Crippen molar-refractivity contribution in [2.24, 2.45) is 0 Å². The maximum Gasteiger partial charge on any atom is 0.339 e. The van der Waals surface area contributed by atoms with Crippen LogP contribution in [0.5, 0.6) is 5.75 Å². The number of rotatable bonds is 6. The van der Waals surface area contributed by atoms with E-state index in [2.05, 4.69) is 5.32 Å². The van der Waals surface area contributed by atoms with E-state index in [4.69, 9.17) is 9.52 Å². The first-order valence-electron chi connectivity index (χ1n) is 7.58. The van der Waals surface area contributed by atoms with Crippen molar-refractivity contribution in [1.29, 1.82) is 0 Å². The van der Waals surface area contributed by atoms with Gasteiger partial charge >= 0.3 is 5.63 Å². The van der Waals surface area contributed by atoms with Crippen LogP contribution in [-0.2, 0) is 11.2 Å². The maximum atomic E-state index is 12.2. The molecule has 0 atom stereocenters. The van der Waals surface area contributed by atoms with Crippen molar-refractivity contribution in [3.05, 3.63) is 39.2 Å². The number of carbonyl (C=O) groups excluding carboxylic acids is 1. The Labute approximate surface area is 133 Å². The zero-order valence-corrected chi connectivity index (χ0v) is 13.3. The van der Waals surface area contributed by atoms with Crippen LogP contribution >= 0.6 is 0 Å². The highest BCUT2D eigenvalue weighted by Crippen LogP contribution is 2.28. The molecule has 3 N–H and O–H groups in total. The molecular formula is C17H21NO5. The molecule has 0 aliphatic rings. The smallest absolute Gasteiger partial charge is 0.339 e. The number of phenols is 1. The summed E-state index contributed by atoms with van der Waals surface area (Å²) < 4.78 is 5.34. The van der Waals surface area contributed by atoms with Crippen LogP contribution in [0.15, 0.2) is 21.3 Å². The first-order valence-corrected chi connectivity index (χ1v) is 7.58. The average Bonchev–Trinajstić information content (AvgIpc) is 2.51. The summed E-state index contributed by atoms with van der Waals surface area (Å²) in [5, 5.41) is 21.8. The van der Waals surface area contributed by atoms with Crippen molar-refractivity contribution in [2.45, 2.75) is 33.1 Å². The fourth-order valence-electron chi connectivity index (χ4n) is 2.50. The Morgan fingerprint density at radius 1 is 1.26 bits per heavy atom. The SMILES string of the molecule is Cc1c(CCC(=O)NCCCO)c(=O)oc2c(C)c(O)ccc12. The average molecular weight is 319 g/mol. The lowest BCUT2D eigenvalue weighted by Crippen LogP contribution is -2.26. The highest BCUT2D eigenvalue weighted by Gasteiger charge is 2.15. The summed E-state index contributed by atoms with van der Waals surface area (Å²) in [6.45, 7) is 3.95. The zero-order valence-electron chi connectivity index (χ0n) is 13.3. The third-order valence-corrected chi connectivity index (χ3v) is 3.93. The monoisotopic (exact) mass is 319 g/mol. The normalized spacial score (nSPS) is 10.9. The van der Waals surface area contributed by atoms with Crippen LogP contribution in [0.3, 0.4) is 0 Å². The number of phenolic OH excluding ortho intramolecular Hbond substituents is 1. The Morgan fingerprint density at radius 3 is 2.70 bits per heavy atom. The Balaban J connectivity index is 2.23. The van der Waals surface area contributed by atoms with Crippen LogP contribution in [0, 0.1) is 13.8 Å². The van der Waals surface area contributed by atoms with Crippen LogP contribution in [-0.4, -0.2) is 29.3 Å². The molecular weight excluding hydrogens is 298 g/mol. The fourth-order valence-corrected chi connectivity index (χ4v) is 2.50. The summed E-state index contributed by atoms with van der Waals surface area (Å²) in [6, 6.07) is 3.27. The molecule has 0 bridgehead atoms. The zero-order chi connectivity index (χ0) is 17.0. The number of aromatic hydroxyl groups is 1. The van der Waals surface area contributed by atoms with Gasteiger partial charge in [-0.3, -0.25) is 4.79 Å². The second-order valence-corrected chi connectivity index (χ2v) is 5.51. The topological polar surface area (TPSA) is 99.8 Å². The lowest BCUT2D eigenvalue weighted by molar-refractivity contribution is -0.121. The van der Waals surface area contributed by atoms with Gasteiger partial charge in [0.1, 0.15) is 11.3 Å². The minimum atomic E-state index is -0.480. The molecule has 1 aromatic carbocycles. The molecule has 6 heteroatoms. The Hall–Kier alpha value is -2.34. The second-order valence-electron chi connectivity index (χ2n) is 5.51. The van der Waals surface area contributed by atoms with Crippen LogP contribution < -0.4 is 10.9 Å². The molecule has 0 saturated carbocycles. The maximum absolute atomic E-state index is 12.2. The van der Waals surface area contributed by atoms with Gasteiger partial charge < -0.3 is 19.9 Å². The summed E-state index contributed by atoms with van der Waals surface area (Å²) in [4.78, 5) is 23.9. The molecule has 23 heavy (non-hydrogen) atoms. The number of benzene rings is 1. The van der Waals surface area contributed by atoms with E-state index in [1.54, 1.807) is 19.1 Å². The molecule has 6 nitrogen and oxygen atoms in total. The van der Waals surface area contributed by atoms with Gasteiger partial charge in [0.05, 0.1) is 0 Å². The van der Waals surface area contributed by atoms with E-state index < -0.39 is 5.63 Å². The van der Waals surface area contributed by atoms with Crippen LogP contribution in [0.1, 0.15) is 29.5 Å². The number of carbonyl (C=O) groups is 1. The molecule has 124 valence electrons. The summed E-state index contributed by atoms with van der Waals surface area (Å²) in [6.07, 6.45) is 0.972. The van der Waals surface area contributed by atoms with E-state index in [0.29, 0.717) is 29.7 Å². The highest BCUT2D eigenvalue weighted by atomic mass is 16.4. The minimum Gasteiger partial charge on any atom is -0.508 e. The fraction of sp³-hybridized carbons (Fsp3) is 0.412. The van der Waals surface area contributed by atoms with Crippen LogP contribution in [0.2, 0.25) is 0 Å². The van der Waals surface area contributed by atoms with E-state index in [1.807, 2.05) is 6.92 Å². The summed E-state index contributed by atoms with van der Waals surface area (Å²) >= 11 is 0. The molecule has 1 aromatic heterocycles. The minimum absolute atomic E-state index is 0.0276. The van der Waals surface area contributed by atoms with Gasteiger partial charge in [-0.25, -0.2) is 4.79 Å². The molecule has 2 aromatic rings. The van der Waals surface area contributed by atoms with Gasteiger partial charge in [0, 0.05) is 36.1 Å². The lowest BCUT2D eigenvalue weighted by Gasteiger charge is -2.10. The van der Waals surface area contributed by atoms with E-state index in [-0.39, 0.29) is 31.1 Å². The molecule has 0 unspecified atom stereocenters. The Morgan fingerprint density at radius 2 is 2.00 bits per heavy atom. The predicted molar refractivity (Wildman–Crippen MR) is 86.7 cm³/mol. The number of aryl methyl sites for hydroxylation is 2. The van der Waals surface area contributed by atoms with Gasteiger partial charge in [-0.15, -0.1) is 0 Å². The van der Waals surface area contributed by atoms with Crippen molar-refractivity contribution in [3.8, 4) is 5.75 Å². The third-order valence-electron chi connectivity index (χ3n) is 3.93. The molecule has 2 rings (SSSR count). The van der Waals surface area contributed by atoms with Crippen molar-refractivity contribution >= 4 is 16.9 Å². The van der Waals surface area contributed by atoms with E-state index in [0.717, 1.165) is 10.9 Å². The first-order chi connectivity index (χ1) is 11.0. The van der Waals surface area contributed by atoms with Crippen molar-refractivity contribution in [3.63, 3.8) is 0 Å². The number of fused-ring (bicyclic) bond motifs is 1. The third kappa shape index (κ3) is 3.71. The molecule has 1 amide bonds. The standard InChI is InChI=1S/C17H21NO5/c1-10-12-4-6-14(20)11(2)16(12)23-17(22)13(10)5-7-15(21)18-8-3-9-19/h4,6,19-20H,3,5,7-9H2,1-2H3,(H,18,21).